The molecule has 1 aromatic rings. The van der Waals surface area contributed by atoms with Gasteiger partial charge in [-0.15, -0.1) is 5.10 Å². The SMILES string of the molecule is Cc1c(C(=O)OC(C)(C)C)nnn1C1CC(C)CC(C)C1. The normalized spacial score (nSPS) is 26.7. The summed E-state index contributed by atoms with van der Waals surface area (Å²) in [6.07, 6.45) is 3.47. The molecule has 0 spiro atoms. The summed E-state index contributed by atoms with van der Waals surface area (Å²) in [6, 6.07) is 0.340. The van der Waals surface area contributed by atoms with Gasteiger partial charge in [-0.05, 0) is 58.8 Å². The summed E-state index contributed by atoms with van der Waals surface area (Å²) in [6.45, 7) is 12.0. The molecule has 1 aromatic heterocycles. The van der Waals surface area contributed by atoms with Gasteiger partial charge in [0, 0.05) is 0 Å². The van der Waals surface area contributed by atoms with Crippen LogP contribution in [0.3, 0.4) is 0 Å². The van der Waals surface area contributed by atoms with Crippen LogP contribution < -0.4 is 0 Å². The van der Waals surface area contributed by atoms with Crippen LogP contribution in [0.2, 0.25) is 0 Å². The van der Waals surface area contributed by atoms with Crippen LogP contribution in [-0.4, -0.2) is 26.6 Å². The van der Waals surface area contributed by atoms with Gasteiger partial charge in [0.25, 0.3) is 0 Å². The molecule has 5 nitrogen and oxygen atoms in total. The second-order valence-corrected chi connectivity index (χ2v) is 7.54. The van der Waals surface area contributed by atoms with Gasteiger partial charge in [-0.25, -0.2) is 9.48 Å². The molecule has 1 saturated carbocycles. The maximum absolute atomic E-state index is 12.2. The van der Waals surface area contributed by atoms with Crippen LogP contribution >= 0.6 is 0 Å². The molecule has 1 aliphatic carbocycles. The molecule has 0 amide bonds. The molecule has 0 bridgehead atoms. The zero-order valence-electron chi connectivity index (χ0n) is 14.0. The van der Waals surface area contributed by atoms with Gasteiger partial charge in [0.05, 0.1) is 11.7 Å². The molecular formula is C16H27N3O2. The van der Waals surface area contributed by atoms with Crippen molar-refractivity contribution in [3.8, 4) is 0 Å². The van der Waals surface area contributed by atoms with Gasteiger partial charge in [-0.1, -0.05) is 19.1 Å². The molecule has 0 aromatic carbocycles. The van der Waals surface area contributed by atoms with E-state index in [0.29, 0.717) is 23.6 Å². The fraction of sp³-hybridized carbons (Fsp3) is 0.812. The smallest absolute Gasteiger partial charge is 0.361 e. The van der Waals surface area contributed by atoms with Crippen molar-refractivity contribution in [2.75, 3.05) is 0 Å². The Bertz CT molecular complexity index is 506. The van der Waals surface area contributed by atoms with E-state index in [1.807, 2.05) is 32.4 Å². The summed E-state index contributed by atoms with van der Waals surface area (Å²) in [5.74, 6) is 0.989. The topological polar surface area (TPSA) is 57.0 Å². The first-order valence-electron chi connectivity index (χ1n) is 7.82. The van der Waals surface area contributed by atoms with Crippen molar-refractivity contribution in [2.24, 2.45) is 11.8 Å². The Morgan fingerprint density at radius 3 is 2.29 bits per heavy atom. The minimum atomic E-state index is -0.513. The molecule has 1 aliphatic rings. The van der Waals surface area contributed by atoms with E-state index in [4.69, 9.17) is 4.74 Å². The summed E-state index contributed by atoms with van der Waals surface area (Å²) in [5.41, 5.74) is 0.646. The molecule has 0 aliphatic heterocycles. The summed E-state index contributed by atoms with van der Waals surface area (Å²) < 4.78 is 7.31. The zero-order valence-corrected chi connectivity index (χ0v) is 14.0. The first-order valence-corrected chi connectivity index (χ1v) is 7.82. The van der Waals surface area contributed by atoms with E-state index in [-0.39, 0.29) is 5.97 Å². The highest BCUT2D eigenvalue weighted by Crippen LogP contribution is 2.36. The predicted octanol–water partition coefficient (Wildman–Crippen LogP) is 3.54. The number of ether oxygens (including phenoxy) is 1. The lowest BCUT2D eigenvalue weighted by molar-refractivity contribution is 0.00618. The monoisotopic (exact) mass is 293 g/mol. The lowest BCUT2D eigenvalue weighted by atomic mass is 9.80. The first kappa shape index (κ1) is 16.0. The Kier molecular flexibility index (Phi) is 4.40. The van der Waals surface area contributed by atoms with Gasteiger partial charge in [0.1, 0.15) is 5.60 Å². The number of esters is 1. The van der Waals surface area contributed by atoms with Gasteiger partial charge < -0.3 is 4.74 Å². The van der Waals surface area contributed by atoms with Crippen molar-refractivity contribution in [1.29, 1.82) is 0 Å². The van der Waals surface area contributed by atoms with Crippen molar-refractivity contribution >= 4 is 5.97 Å². The largest absolute Gasteiger partial charge is 0.455 e. The third-order valence-electron chi connectivity index (χ3n) is 4.02. The third kappa shape index (κ3) is 3.83. The fourth-order valence-electron chi connectivity index (χ4n) is 3.31. The number of nitrogens with zero attached hydrogens (tertiary/aromatic N) is 3. The van der Waals surface area contributed by atoms with Crippen molar-refractivity contribution in [3.05, 3.63) is 11.4 Å². The average Bonchev–Trinajstić information content (AvgIpc) is 2.67. The third-order valence-corrected chi connectivity index (χ3v) is 4.02. The number of hydrogen-bond donors (Lipinski definition) is 0. The zero-order chi connectivity index (χ0) is 15.8. The summed E-state index contributed by atoms with van der Waals surface area (Å²) in [7, 11) is 0. The van der Waals surface area contributed by atoms with Crippen molar-refractivity contribution in [3.63, 3.8) is 0 Å². The number of aromatic nitrogens is 3. The van der Waals surface area contributed by atoms with E-state index in [0.717, 1.165) is 18.5 Å². The van der Waals surface area contributed by atoms with Crippen LogP contribution in [0.1, 0.15) is 76.1 Å². The minimum Gasteiger partial charge on any atom is -0.455 e. The van der Waals surface area contributed by atoms with Crippen molar-refractivity contribution < 1.29 is 9.53 Å². The fourth-order valence-corrected chi connectivity index (χ4v) is 3.31. The first-order chi connectivity index (χ1) is 9.67. The van der Waals surface area contributed by atoms with E-state index in [1.165, 1.54) is 6.42 Å². The van der Waals surface area contributed by atoms with Gasteiger partial charge in [-0.2, -0.15) is 0 Å². The molecule has 2 atom stereocenters. The van der Waals surface area contributed by atoms with Crippen LogP contribution in [0.15, 0.2) is 0 Å². The van der Waals surface area contributed by atoms with E-state index in [1.54, 1.807) is 0 Å². The van der Waals surface area contributed by atoms with Gasteiger partial charge in [0.15, 0.2) is 5.69 Å². The predicted molar refractivity (Wildman–Crippen MR) is 81.1 cm³/mol. The van der Waals surface area contributed by atoms with Crippen LogP contribution in [-0.2, 0) is 4.74 Å². The molecule has 118 valence electrons. The lowest BCUT2D eigenvalue weighted by Crippen LogP contribution is -2.25. The Morgan fingerprint density at radius 2 is 1.76 bits per heavy atom. The molecule has 0 saturated heterocycles. The highest BCUT2D eigenvalue weighted by Gasteiger charge is 2.30. The van der Waals surface area contributed by atoms with E-state index < -0.39 is 5.60 Å². The highest BCUT2D eigenvalue weighted by molar-refractivity contribution is 5.88. The van der Waals surface area contributed by atoms with Gasteiger partial charge >= 0.3 is 5.97 Å². The van der Waals surface area contributed by atoms with Gasteiger partial charge in [-0.3, -0.25) is 0 Å². The summed E-state index contributed by atoms with van der Waals surface area (Å²) >= 11 is 0. The quantitative estimate of drug-likeness (QED) is 0.783. The number of carbonyl (C=O) groups is 1. The van der Waals surface area contributed by atoms with Crippen LogP contribution in [0, 0.1) is 18.8 Å². The van der Waals surface area contributed by atoms with E-state index >= 15 is 0 Å². The highest BCUT2D eigenvalue weighted by atomic mass is 16.6. The number of carbonyl (C=O) groups excluding carboxylic acids is 1. The molecule has 21 heavy (non-hydrogen) atoms. The molecule has 2 rings (SSSR count). The second-order valence-electron chi connectivity index (χ2n) is 7.54. The average molecular weight is 293 g/mol. The van der Waals surface area contributed by atoms with Crippen molar-refractivity contribution in [1.82, 2.24) is 15.0 Å². The number of hydrogen-bond acceptors (Lipinski definition) is 4. The second kappa shape index (κ2) is 5.78. The van der Waals surface area contributed by atoms with Crippen LogP contribution in [0.4, 0.5) is 0 Å². The Labute approximate surface area is 127 Å². The van der Waals surface area contributed by atoms with E-state index in [9.17, 15) is 4.79 Å². The van der Waals surface area contributed by atoms with Crippen molar-refractivity contribution in [2.45, 2.75) is 72.4 Å². The standard InChI is InChI=1S/C16H27N3O2/c1-10-7-11(2)9-13(8-10)19-12(3)14(17-18-19)15(20)21-16(4,5)6/h10-11,13H,7-9H2,1-6H3. The molecule has 1 fully saturated rings. The maximum atomic E-state index is 12.2. The van der Waals surface area contributed by atoms with Crippen LogP contribution in [0.5, 0.6) is 0 Å². The lowest BCUT2D eigenvalue weighted by Gasteiger charge is -2.31. The summed E-state index contributed by atoms with van der Waals surface area (Å²) in [4.78, 5) is 12.2. The molecule has 1 heterocycles. The Balaban J connectivity index is 2.18. The molecule has 2 unspecified atom stereocenters. The number of rotatable bonds is 2. The summed E-state index contributed by atoms with van der Waals surface area (Å²) in [5, 5.41) is 8.29. The van der Waals surface area contributed by atoms with Crippen LogP contribution in [0.25, 0.3) is 0 Å². The molecule has 0 N–H and O–H groups in total. The Hall–Kier alpha value is -1.39. The molecular weight excluding hydrogens is 266 g/mol. The minimum absolute atomic E-state index is 0.340. The molecule has 0 radical (unpaired) electrons. The van der Waals surface area contributed by atoms with E-state index in [2.05, 4.69) is 24.2 Å². The maximum Gasteiger partial charge on any atom is 0.361 e. The Morgan fingerprint density at radius 1 is 1.19 bits per heavy atom. The van der Waals surface area contributed by atoms with Gasteiger partial charge in [0.2, 0.25) is 0 Å². The molecule has 5 heteroatoms.